The van der Waals surface area contributed by atoms with Gasteiger partial charge in [-0.05, 0) is 24.5 Å². The predicted molar refractivity (Wildman–Crippen MR) is 80.5 cm³/mol. The first-order valence-corrected chi connectivity index (χ1v) is 8.48. The number of nitrogens with one attached hydrogen (secondary N) is 1. The molecule has 5 rings (SSSR count). The third-order valence-electron chi connectivity index (χ3n) is 6.41. The molecule has 116 valence electrons. The summed E-state index contributed by atoms with van der Waals surface area (Å²) in [6.07, 6.45) is 5.73. The number of carbonyl (C=O) groups excluding carboxylic acids is 1. The fourth-order valence-corrected chi connectivity index (χ4v) is 5.22. The fraction of sp³-hybridized carbons (Fsp3) is 0.611. The molecule has 2 atom stereocenters. The fourth-order valence-electron chi connectivity index (χ4n) is 5.22. The quantitative estimate of drug-likeness (QED) is 0.785. The molecule has 2 heterocycles. The number of quaternary nitrogens is 1. The minimum atomic E-state index is 0.146. The van der Waals surface area contributed by atoms with Crippen LogP contribution in [0.4, 0.5) is 0 Å². The Bertz CT molecular complexity index is 671. The second kappa shape index (κ2) is 4.25. The van der Waals surface area contributed by atoms with Crippen LogP contribution in [-0.2, 0) is 16.6 Å². The van der Waals surface area contributed by atoms with E-state index >= 15 is 0 Å². The summed E-state index contributed by atoms with van der Waals surface area (Å²) >= 11 is 0. The lowest BCUT2D eigenvalue weighted by Gasteiger charge is -2.34. The van der Waals surface area contributed by atoms with E-state index in [1.165, 1.54) is 29.7 Å². The van der Waals surface area contributed by atoms with E-state index < -0.39 is 0 Å². The van der Waals surface area contributed by atoms with Crippen molar-refractivity contribution in [2.45, 2.75) is 50.0 Å². The molecule has 1 unspecified atom stereocenters. The molecule has 2 aliphatic carbocycles. The van der Waals surface area contributed by atoms with Crippen molar-refractivity contribution >= 4 is 5.78 Å². The van der Waals surface area contributed by atoms with E-state index in [1.54, 1.807) is 4.90 Å². The van der Waals surface area contributed by atoms with Crippen molar-refractivity contribution in [3.63, 3.8) is 0 Å². The van der Waals surface area contributed by atoms with Gasteiger partial charge in [-0.25, -0.2) is 0 Å². The average Bonchev–Trinajstić information content (AvgIpc) is 3.10. The molecule has 1 spiro atoms. The van der Waals surface area contributed by atoms with Crippen molar-refractivity contribution < 1.29 is 19.2 Å². The van der Waals surface area contributed by atoms with Crippen LogP contribution in [0.15, 0.2) is 6.07 Å². The van der Waals surface area contributed by atoms with Crippen molar-refractivity contribution in [2.24, 2.45) is 0 Å². The lowest BCUT2D eigenvalue weighted by atomic mass is 9.69. The molecule has 0 amide bonds. The van der Waals surface area contributed by atoms with Gasteiger partial charge in [0.15, 0.2) is 11.5 Å². The number of carbonyl (C=O) groups is 1. The van der Waals surface area contributed by atoms with Gasteiger partial charge in [-0.15, -0.1) is 0 Å². The zero-order valence-electron chi connectivity index (χ0n) is 13.0. The topological polar surface area (TPSA) is 40.0 Å². The maximum atomic E-state index is 11.8. The van der Waals surface area contributed by atoms with Gasteiger partial charge >= 0.3 is 0 Å². The second-order valence-corrected chi connectivity index (χ2v) is 7.48. The Labute approximate surface area is 130 Å². The van der Waals surface area contributed by atoms with Crippen molar-refractivity contribution in [2.75, 3.05) is 20.4 Å². The highest BCUT2D eigenvalue weighted by molar-refractivity contribution is 5.80. The van der Waals surface area contributed by atoms with Crippen LogP contribution >= 0.6 is 0 Å². The van der Waals surface area contributed by atoms with Gasteiger partial charge in [0.05, 0.1) is 13.6 Å². The molecule has 0 aromatic heterocycles. The Morgan fingerprint density at radius 2 is 2.05 bits per heavy atom. The molecule has 4 aliphatic rings. The minimum Gasteiger partial charge on any atom is -0.454 e. The van der Waals surface area contributed by atoms with Crippen LogP contribution in [0, 0.1) is 0 Å². The molecule has 1 saturated carbocycles. The zero-order chi connectivity index (χ0) is 14.9. The molecular weight excluding hydrogens is 278 g/mol. The van der Waals surface area contributed by atoms with E-state index in [1.807, 2.05) is 0 Å². The van der Waals surface area contributed by atoms with Crippen LogP contribution in [0.1, 0.15) is 54.8 Å². The number of ketones is 1. The number of Topliss-reactive ketones (excluding diaryl/α,β-unsaturated/α-hetero) is 1. The summed E-state index contributed by atoms with van der Waals surface area (Å²) in [5, 5.41) is 0. The van der Waals surface area contributed by atoms with Crippen molar-refractivity contribution in [3.8, 4) is 11.5 Å². The van der Waals surface area contributed by atoms with E-state index in [4.69, 9.17) is 9.47 Å². The van der Waals surface area contributed by atoms with E-state index in [9.17, 15) is 4.79 Å². The van der Waals surface area contributed by atoms with Gasteiger partial charge in [-0.3, -0.25) is 4.79 Å². The molecule has 0 radical (unpaired) electrons. The first kappa shape index (κ1) is 12.9. The van der Waals surface area contributed by atoms with Gasteiger partial charge in [0.1, 0.15) is 11.8 Å². The van der Waals surface area contributed by atoms with E-state index in [0.29, 0.717) is 18.6 Å². The third kappa shape index (κ3) is 1.54. The van der Waals surface area contributed by atoms with Gasteiger partial charge in [0.2, 0.25) is 6.79 Å². The van der Waals surface area contributed by atoms with Gasteiger partial charge in [-0.2, -0.15) is 0 Å². The van der Waals surface area contributed by atoms with E-state index in [-0.39, 0.29) is 5.41 Å². The standard InChI is InChI=1S/C18H21NO3/c1-19-7-4-11-8-14-17(22-10-21-14)16-15(11)13(19)9-18(16)5-2-12(20)3-6-18/h8,13H,2-7,9-10H2,1H3/p+1/t13-/m1/s1. The summed E-state index contributed by atoms with van der Waals surface area (Å²) in [5.74, 6) is 2.35. The normalized spacial score (nSPS) is 30.7. The third-order valence-corrected chi connectivity index (χ3v) is 6.41. The largest absolute Gasteiger partial charge is 0.454 e. The molecule has 1 aromatic rings. The first-order chi connectivity index (χ1) is 10.7. The van der Waals surface area contributed by atoms with Crippen LogP contribution < -0.4 is 14.4 Å². The minimum absolute atomic E-state index is 0.146. The molecule has 2 aliphatic heterocycles. The van der Waals surface area contributed by atoms with E-state index in [0.717, 1.165) is 43.6 Å². The van der Waals surface area contributed by atoms with Gasteiger partial charge in [0, 0.05) is 42.2 Å². The van der Waals surface area contributed by atoms with Crippen molar-refractivity contribution in [3.05, 3.63) is 22.8 Å². The summed E-state index contributed by atoms with van der Waals surface area (Å²) < 4.78 is 11.6. The Hall–Kier alpha value is -1.55. The number of hydrogen-bond acceptors (Lipinski definition) is 3. The molecule has 22 heavy (non-hydrogen) atoms. The van der Waals surface area contributed by atoms with Crippen LogP contribution in [0.2, 0.25) is 0 Å². The summed E-state index contributed by atoms with van der Waals surface area (Å²) in [6, 6.07) is 2.79. The summed E-state index contributed by atoms with van der Waals surface area (Å²) in [5.41, 5.74) is 4.55. The SMILES string of the molecule is C[NH+]1CCc2cc3c(c4c2[C@H]1CC41CCC(=O)CC1)OCO3. The first-order valence-electron chi connectivity index (χ1n) is 8.48. The number of hydrogen-bond donors (Lipinski definition) is 1. The predicted octanol–water partition coefficient (Wildman–Crippen LogP) is 1.31. The molecule has 1 N–H and O–H groups in total. The van der Waals surface area contributed by atoms with Gasteiger partial charge in [-0.1, -0.05) is 0 Å². The number of likely N-dealkylation sites (N-methyl/N-ethyl adjacent to an activating group) is 1. The van der Waals surface area contributed by atoms with E-state index in [2.05, 4.69) is 13.1 Å². The molecule has 0 saturated heterocycles. The Kier molecular flexibility index (Phi) is 2.50. The maximum Gasteiger partial charge on any atom is 0.231 e. The number of benzene rings is 1. The summed E-state index contributed by atoms with van der Waals surface area (Å²) in [6.45, 7) is 1.53. The van der Waals surface area contributed by atoms with Crippen LogP contribution in [0.25, 0.3) is 0 Å². The second-order valence-electron chi connectivity index (χ2n) is 7.48. The molecule has 1 fully saturated rings. The highest BCUT2D eigenvalue weighted by atomic mass is 16.7. The zero-order valence-corrected chi connectivity index (χ0v) is 13.0. The Morgan fingerprint density at radius 1 is 1.23 bits per heavy atom. The Balaban J connectivity index is 1.74. The van der Waals surface area contributed by atoms with Crippen LogP contribution in [0.5, 0.6) is 11.5 Å². The number of rotatable bonds is 0. The van der Waals surface area contributed by atoms with Gasteiger partial charge < -0.3 is 14.4 Å². The maximum absolute atomic E-state index is 11.8. The van der Waals surface area contributed by atoms with Crippen molar-refractivity contribution in [1.82, 2.24) is 0 Å². The Morgan fingerprint density at radius 3 is 2.86 bits per heavy atom. The lowest BCUT2D eigenvalue weighted by molar-refractivity contribution is -0.914. The number of ether oxygens (including phenoxy) is 2. The van der Waals surface area contributed by atoms with Crippen molar-refractivity contribution in [1.29, 1.82) is 0 Å². The highest BCUT2D eigenvalue weighted by Gasteiger charge is 2.53. The van der Waals surface area contributed by atoms with Crippen LogP contribution in [0.3, 0.4) is 0 Å². The van der Waals surface area contributed by atoms with Crippen LogP contribution in [-0.4, -0.2) is 26.2 Å². The molecule has 4 nitrogen and oxygen atoms in total. The monoisotopic (exact) mass is 300 g/mol. The lowest BCUT2D eigenvalue weighted by Crippen LogP contribution is -3.10. The molecular formula is C18H22NO3+. The average molecular weight is 300 g/mol. The molecule has 4 heteroatoms. The number of fused-ring (bicyclic) bond motifs is 3. The molecule has 0 bridgehead atoms. The summed E-state index contributed by atoms with van der Waals surface area (Å²) in [7, 11) is 2.31. The smallest absolute Gasteiger partial charge is 0.231 e. The van der Waals surface area contributed by atoms with Gasteiger partial charge in [0.25, 0.3) is 0 Å². The highest BCUT2D eigenvalue weighted by Crippen LogP contribution is 2.59. The molecule has 1 aromatic carbocycles. The summed E-state index contributed by atoms with van der Waals surface area (Å²) in [4.78, 5) is 13.4.